The van der Waals surface area contributed by atoms with E-state index in [0.717, 1.165) is 14.0 Å². The molecule has 27 heavy (non-hydrogen) atoms. The van der Waals surface area contributed by atoms with E-state index in [9.17, 15) is 40.5 Å². The maximum absolute atomic E-state index is 11.5. The molecular weight excluding hydrogens is 370 g/mol. The predicted molar refractivity (Wildman–Crippen MR) is 85.1 cm³/mol. The van der Waals surface area contributed by atoms with E-state index in [2.05, 4.69) is 5.32 Å². The van der Waals surface area contributed by atoms with Crippen LogP contribution in [0.3, 0.4) is 0 Å². The molecule has 9 atom stereocenters. The topological polar surface area (TPSA) is 198 Å². The molecule has 2 rings (SSSR count). The van der Waals surface area contributed by atoms with Crippen molar-refractivity contribution in [2.24, 2.45) is 0 Å². The second-order valence-electron chi connectivity index (χ2n) is 6.76. The molecule has 8 N–H and O–H groups in total. The summed E-state index contributed by atoms with van der Waals surface area (Å²) in [5.74, 6) is -0.644. The van der Waals surface area contributed by atoms with Crippen LogP contribution in [0.4, 0.5) is 0 Å². The Hall–Kier alpha value is -0.930. The molecule has 0 aliphatic carbocycles. The average molecular weight is 397 g/mol. The normalized spacial score (nSPS) is 48.3. The molecule has 0 aromatic rings. The Balaban J connectivity index is 2.58. The van der Waals surface area contributed by atoms with Crippen LogP contribution in [-0.4, -0.2) is 123 Å². The SMILES string of the molecule is CO[C@H]1O[C@H](CO)[C@H](O)[C@H](O)[C@]1(O)[C@]1(O)[C@H](NC(C)=O)CO[C@H](CO)[C@@H]1O. The van der Waals surface area contributed by atoms with Crippen molar-refractivity contribution in [1.29, 1.82) is 0 Å². The van der Waals surface area contributed by atoms with Crippen molar-refractivity contribution in [1.82, 2.24) is 5.32 Å². The smallest absolute Gasteiger partial charge is 0.217 e. The minimum Gasteiger partial charge on any atom is -0.394 e. The molecule has 0 bridgehead atoms. The van der Waals surface area contributed by atoms with Crippen LogP contribution in [0, 0.1) is 0 Å². The number of amides is 1. The van der Waals surface area contributed by atoms with Gasteiger partial charge in [-0.3, -0.25) is 4.79 Å². The molecule has 0 aromatic heterocycles. The fourth-order valence-corrected chi connectivity index (χ4v) is 3.75. The average Bonchev–Trinajstić information content (AvgIpc) is 2.63. The lowest BCUT2D eigenvalue weighted by molar-refractivity contribution is -0.399. The van der Waals surface area contributed by atoms with Gasteiger partial charge in [-0.1, -0.05) is 0 Å². The van der Waals surface area contributed by atoms with Crippen molar-refractivity contribution in [2.75, 3.05) is 26.9 Å². The van der Waals surface area contributed by atoms with Crippen LogP contribution < -0.4 is 5.32 Å². The summed E-state index contributed by atoms with van der Waals surface area (Å²) in [4.78, 5) is 11.5. The molecule has 0 unspecified atom stereocenters. The highest BCUT2D eigenvalue weighted by atomic mass is 16.7. The Morgan fingerprint density at radius 3 is 2.19 bits per heavy atom. The molecule has 1 amide bonds. The van der Waals surface area contributed by atoms with Crippen molar-refractivity contribution < 1.29 is 54.8 Å². The summed E-state index contributed by atoms with van der Waals surface area (Å²) in [5.41, 5.74) is -5.65. The van der Waals surface area contributed by atoms with E-state index in [1.54, 1.807) is 0 Å². The predicted octanol–water partition coefficient (Wildman–Crippen LogP) is -5.21. The number of hydrogen-bond donors (Lipinski definition) is 8. The Kier molecular flexibility index (Phi) is 6.80. The zero-order chi connectivity index (χ0) is 20.6. The van der Waals surface area contributed by atoms with Gasteiger partial charge in [0.25, 0.3) is 0 Å². The van der Waals surface area contributed by atoms with E-state index >= 15 is 0 Å². The number of rotatable bonds is 5. The van der Waals surface area contributed by atoms with Crippen molar-refractivity contribution in [3.8, 4) is 0 Å². The van der Waals surface area contributed by atoms with Gasteiger partial charge in [0.1, 0.15) is 30.5 Å². The molecule has 0 spiro atoms. The summed E-state index contributed by atoms with van der Waals surface area (Å²) in [5, 5.41) is 75.1. The highest BCUT2D eigenvalue weighted by Gasteiger charge is 2.72. The largest absolute Gasteiger partial charge is 0.394 e. The lowest BCUT2D eigenvalue weighted by atomic mass is 9.65. The summed E-state index contributed by atoms with van der Waals surface area (Å²) in [6.45, 7) is -0.800. The van der Waals surface area contributed by atoms with E-state index in [0.29, 0.717) is 0 Å². The number of hydrogen-bond acceptors (Lipinski definition) is 11. The first kappa shape index (κ1) is 22.4. The summed E-state index contributed by atoms with van der Waals surface area (Å²) in [7, 11) is 1.07. The molecule has 12 nitrogen and oxygen atoms in total. The highest BCUT2D eigenvalue weighted by molar-refractivity contribution is 5.73. The lowest BCUT2D eigenvalue weighted by Gasteiger charge is -2.59. The standard InChI is InChI=1S/C15H27NO11/c1-6(19)16-9-5-26-8(4-18)11(21)14(9,23)15(24)12(22)10(20)7(3-17)27-13(15)25-2/h7-13,17-18,20-24H,3-5H2,1-2H3,(H,16,19)/t7-,8-,9-,10+,11+,12+,13+,14+,15-/m1/s1. The van der Waals surface area contributed by atoms with E-state index in [1.807, 2.05) is 0 Å². The first-order valence-corrected chi connectivity index (χ1v) is 8.37. The number of methoxy groups -OCH3 is 1. The van der Waals surface area contributed by atoms with Crippen LogP contribution in [0.1, 0.15) is 6.92 Å². The summed E-state index contributed by atoms with van der Waals surface area (Å²) in [6.07, 6.45) is -10.6. The van der Waals surface area contributed by atoms with Crippen LogP contribution in [0.2, 0.25) is 0 Å². The van der Waals surface area contributed by atoms with Crippen molar-refractivity contribution >= 4 is 5.91 Å². The molecule has 2 fully saturated rings. The number of aliphatic hydroxyl groups is 7. The fourth-order valence-electron chi connectivity index (χ4n) is 3.75. The van der Waals surface area contributed by atoms with Gasteiger partial charge in [0.15, 0.2) is 17.5 Å². The van der Waals surface area contributed by atoms with Gasteiger partial charge in [-0.25, -0.2) is 0 Å². The Bertz CT molecular complexity index is 532. The van der Waals surface area contributed by atoms with Gasteiger partial charge in [-0.15, -0.1) is 0 Å². The van der Waals surface area contributed by atoms with E-state index < -0.39 is 79.8 Å². The van der Waals surface area contributed by atoms with E-state index in [4.69, 9.17) is 14.2 Å². The molecule has 0 saturated carbocycles. The summed E-state index contributed by atoms with van der Waals surface area (Å²) < 4.78 is 15.5. The Labute approximate surface area is 154 Å². The number of aliphatic hydroxyl groups excluding tert-OH is 5. The molecule has 158 valence electrons. The molecule has 2 aliphatic rings. The van der Waals surface area contributed by atoms with E-state index in [1.165, 1.54) is 0 Å². The van der Waals surface area contributed by atoms with Gasteiger partial charge >= 0.3 is 0 Å². The van der Waals surface area contributed by atoms with Gasteiger partial charge in [-0.2, -0.15) is 0 Å². The lowest BCUT2D eigenvalue weighted by Crippen LogP contribution is -2.85. The minimum atomic E-state index is -2.88. The second-order valence-corrected chi connectivity index (χ2v) is 6.76. The van der Waals surface area contributed by atoms with Gasteiger partial charge in [0.2, 0.25) is 5.91 Å². The van der Waals surface area contributed by atoms with Crippen molar-refractivity contribution in [3.63, 3.8) is 0 Å². The summed E-state index contributed by atoms with van der Waals surface area (Å²) in [6, 6.07) is -1.47. The zero-order valence-corrected chi connectivity index (χ0v) is 14.9. The van der Waals surface area contributed by atoms with Crippen LogP contribution in [-0.2, 0) is 19.0 Å². The van der Waals surface area contributed by atoms with Crippen LogP contribution in [0.15, 0.2) is 0 Å². The maximum atomic E-state index is 11.5. The van der Waals surface area contributed by atoms with Crippen molar-refractivity contribution in [2.45, 2.75) is 61.0 Å². The number of nitrogens with one attached hydrogen (secondary N) is 1. The van der Waals surface area contributed by atoms with Gasteiger partial charge in [0, 0.05) is 14.0 Å². The monoisotopic (exact) mass is 397 g/mol. The summed E-state index contributed by atoms with van der Waals surface area (Å²) >= 11 is 0. The quantitative estimate of drug-likeness (QED) is 0.220. The Morgan fingerprint density at radius 1 is 1.11 bits per heavy atom. The second kappa shape index (κ2) is 8.21. The number of carbonyl (C=O) groups excluding carboxylic acids is 1. The van der Waals surface area contributed by atoms with Crippen LogP contribution in [0.25, 0.3) is 0 Å². The molecule has 12 heteroatoms. The van der Waals surface area contributed by atoms with Gasteiger partial charge < -0.3 is 55.3 Å². The molecular formula is C15H27NO11. The first-order chi connectivity index (χ1) is 12.6. The first-order valence-electron chi connectivity index (χ1n) is 8.37. The highest BCUT2D eigenvalue weighted by Crippen LogP contribution is 2.44. The van der Waals surface area contributed by atoms with Crippen LogP contribution >= 0.6 is 0 Å². The zero-order valence-electron chi connectivity index (χ0n) is 14.9. The third-order valence-corrected chi connectivity index (χ3v) is 5.22. The molecule has 2 aliphatic heterocycles. The van der Waals surface area contributed by atoms with Crippen molar-refractivity contribution in [3.05, 3.63) is 0 Å². The molecule has 2 saturated heterocycles. The minimum absolute atomic E-state index is 0.441. The number of carbonyl (C=O) groups is 1. The molecule has 2 heterocycles. The van der Waals surface area contributed by atoms with Gasteiger partial charge in [-0.05, 0) is 0 Å². The maximum Gasteiger partial charge on any atom is 0.217 e. The van der Waals surface area contributed by atoms with Crippen LogP contribution in [0.5, 0.6) is 0 Å². The molecule has 0 aromatic carbocycles. The fraction of sp³-hybridized carbons (Fsp3) is 0.933. The van der Waals surface area contributed by atoms with Gasteiger partial charge in [0.05, 0.1) is 25.9 Å². The Morgan fingerprint density at radius 2 is 1.70 bits per heavy atom. The third kappa shape index (κ3) is 3.35. The number of ether oxygens (including phenoxy) is 3. The molecule has 0 radical (unpaired) electrons. The third-order valence-electron chi connectivity index (χ3n) is 5.22. The van der Waals surface area contributed by atoms with E-state index in [-0.39, 0.29) is 0 Å².